The highest BCUT2D eigenvalue weighted by atomic mass is 32.1. The van der Waals surface area contributed by atoms with Crippen LogP contribution in [-0.2, 0) is 4.74 Å². The molecule has 0 unspecified atom stereocenters. The maximum Gasteiger partial charge on any atom is 0.280 e. The average molecular weight is 458 g/mol. The highest BCUT2D eigenvalue weighted by molar-refractivity contribution is 7.22. The topological polar surface area (TPSA) is 72.7 Å². The summed E-state index contributed by atoms with van der Waals surface area (Å²) in [6.07, 6.45) is 0. The molecule has 172 valence electrons. The standard InChI is InChI=1S/C23H31N5O3S/c1-5-31-19-7-6-8-20-21(19)24-23(32-20)27(10-9-26-11-13-30-14-12-26)22(29)18-15-17(4)28(25-18)16(2)3/h6-8,15-16H,5,9-14H2,1-4H3. The lowest BCUT2D eigenvalue weighted by atomic mass is 10.3. The zero-order valence-electron chi connectivity index (χ0n) is 19.2. The molecule has 3 heterocycles. The van der Waals surface area contributed by atoms with Gasteiger partial charge in [0.25, 0.3) is 5.91 Å². The Morgan fingerprint density at radius 2 is 2.09 bits per heavy atom. The molecule has 0 radical (unpaired) electrons. The van der Waals surface area contributed by atoms with E-state index in [2.05, 4.69) is 23.8 Å². The number of amides is 1. The lowest BCUT2D eigenvalue weighted by Crippen LogP contribution is -2.43. The van der Waals surface area contributed by atoms with Gasteiger partial charge in [-0.2, -0.15) is 5.10 Å². The van der Waals surface area contributed by atoms with Crippen LogP contribution < -0.4 is 9.64 Å². The minimum Gasteiger partial charge on any atom is -0.492 e. The predicted molar refractivity (Wildman–Crippen MR) is 127 cm³/mol. The van der Waals surface area contributed by atoms with Gasteiger partial charge in [0, 0.05) is 37.9 Å². The number of thiazole rings is 1. The molecular formula is C23H31N5O3S. The van der Waals surface area contributed by atoms with Crippen molar-refractivity contribution < 1.29 is 14.3 Å². The second-order valence-electron chi connectivity index (χ2n) is 8.15. The molecule has 0 N–H and O–H groups in total. The van der Waals surface area contributed by atoms with Crippen LogP contribution in [0.4, 0.5) is 5.13 Å². The molecule has 1 saturated heterocycles. The Morgan fingerprint density at radius 3 is 2.78 bits per heavy atom. The Hall–Kier alpha value is -2.49. The van der Waals surface area contributed by atoms with Crippen molar-refractivity contribution in [2.75, 3.05) is 50.9 Å². The van der Waals surface area contributed by atoms with Gasteiger partial charge in [-0.1, -0.05) is 17.4 Å². The van der Waals surface area contributed by atoms with Crippen LogP contribution >= 0.6 is 11.3 Å². The molecule has 9 heteroatoms. The highest BCUT2D eigenvalue weighted by Gasteiger charge is 2.26. The van der Waals surface area contributed by atoms with Crippen LogP contribution in [0.25, 0.3) is 10.2 Å². The number of carbonyl (C=O) groups excluding carboxylic acids is 1. The number of morpholine rings is 1. The number of anilines is 1. The molecule has 2 aromatic heterocycles. The van der Waals surface area contributed by atoms with E-state index >= 15 is 0 Å². The second kappa shape index (κ2) is 9.97. The molecule has 1 amide bonds. The van der Waals surface area contributed by atoms with Crippen molar-refractivity contribution in [3.63, 3.8) is 0 Å². The summed E-state index contributed by atoms with van der Waals surface area (Å²) in [7, 11) is 0. The number of aromatic nitrogens is 3. The molecule has 8 nitrogen and oxygen atoms in total. The summed E-state index contributed by atoms with van der Waals surface area (Å²) in [4.78, 5) is 22.5. The molecule has 1 aliphatic heterocycles. The van der Waals surface area contributed by atoms with E-state index in [0.717, 1.165) is 54.5 Å². The number of hydrogen-bond acceptors (Lipinski definition) is 7. The van der Waals surface area contributed by atoms with E-state index in [9.17, 15) is 4.79 Å². The molecule has 0 saturated carbocycles. The van der Waals surface area contributed by atoms with Gasteiger partial charge in [-0.25, -0.2) is 4.98 Å². The smallest absolute Gasteiger partial charge is 0.280 e. The number of carbonyl (C=O) groups is 1. The van der Waals surface area contributed by atoms with E-state index in [1.54, 1.807) is 4.90 Å². The molecule has 0 atom stereocenters. The number of benzene rings is 1. The van der Waals surface area contributed by atoms with Gasteiger partial charge in [-0.3, -0.25) is 19.3 Å². The lowest BCUT2D eigenvalue weighted by Gasteiger charge is -2.29. The molecular weight excluding hydrogens is 426 g/mol. The number of ether oxygens (including phenoxy) is 2. The average Bonchev–Trinajstić information content (AvgIpc) is 3.39. The summed E-state index contributed by atoms with van der Waals surface area (Å²) < 4.78 is 14.1. The van der Waals surface area contributed by atoms with Crippen LogP contribution in [0.2, 0.25) is 0 Å². The van der Waals surface area contributed by atoms with E-state index in [0.29, 0.717) is 24.0 Å². The van der Waals surface area contributed by atoms with Crippen molar-refractivity contribution in [3.8, 4) is 5.75 Å². The molecule has 1 fully saturated rings. The van der Waals surface area contributed by atoms with Crippen LogP contribution in [0.5, 0.6) is 5.75 Å². The van der Waals surface area contributed by atoms with Crippen LogP contribution in [0.3, 0.4) is 0 Å². The zero-order chi connectivity index (χ0) is 22.7. The maximum absolute atomic E-state index is 13.6. The van der Waals surface area contributed by atoms with Crippen LogP contribution in [-0.4, -0.2) is 71.6 Å². The Labute approximate surface area is 192 Å². The minimum atomic E-state index is -0.127. The zero-order valence-corrected chi connectivity index (χ0v) is 20.0. The van der Waals surface area contributed by atoms with Gasteiger partial charge in [0.1, 0.15) is 11.3 Å². The molecule has 1 aliphatic rings. The van der Waals surface area contributed by atoms with Gasteiger partial charge in [0.2, 0.25) is 0 Å². The van der Waals surface area contributed by atoms with Gasteiger partial charge in [0.15, 0.2) is 10.8 Å². The van der Waals surface area contributed by atoms with Crippen molar-refractivity contribution >= 4 is 32.6 Å². The minimum absolute atomic E-state index is 0.127. The third-order valence-corrected chi connectivity index (χ3v) is 6.56. The first kappa shape index (κ1) is 22.7. The van der Waals surface area contributed by atoms with Crippen LogP contribution in [0.1, 0.15) is 43.0 Å². The van der Waals surface area contributed by atoms with Crippen molar-refractivity contribution in [1.29, 1.82) is 0 Å². The number of para-hydroxylation sites is 1. The number of nitrogens with zero attached hydrogens (tertiary/aromatic N) is 5. The predicted octanol–water partition coefficient (Wildman–Crippen LogP) is 3.76. The lowest BCUT2D eigenvalue weighted by molar-refractivity contribution is 0.0391. The SMILES string of the molecule is CCOc1cccc2sc(N(CCN3CCOCC3)C(=O)c3cc(C)n(C(C)C)n3)nc12. The van der Waals surface area contributed by atoms with Gasteiger partial charge >= 0.3 is 0 Å². The number of rotatable bonds is 8. The van der Waals surface area contributed by atoms with Crippen LogP contribution in [0.15, 0.2) is 24.3 Å². The van der Waals surface area contributed by atoms with Gasteiger partial charge in [0.05, 0.1) is 24.5 Å². The van der Waals surface area contributed by atoms with Crippen molar-refractivity contribution in [1.82, 2.24) is 19.7 Å². The Balaban J connectivity index is 1.67. The Kier molecular flexibility index (Phi) is 7.07. The summed E-state index contributed by atoms with van der Waals surface area (Å²) in [6.45, 7) is 13.1. The third-order valence-electron chi connectivity index (χ3n) is 5.52. The van der Waals surface area contributed by atoms with Crippen molar-refractivity contribution in [3.05, 3.63) is 35.7 Å². The Morgan fingerprint density at radius 1 is 1.31 bits per heavy atom. The third kappa shape index (κ3) is 4.79. The fourth-order valence-corrected chi connectivity index (χ4v) is 4.91. The number of fused-ring (bicyclic) bond motifs is 1. The first-order chi connectivity index (χ1) is 15.5. The first-order valence-electron chi connectivity index (χ1n) is 11.2. The summed E-state index contributed by atoms with van der Waals surface area (Å²) in [5.41, 5.74) is 2.21. The summed E-state index contributed by atoms with van der Waals surface area (Å²) in [5.74, 6) is 0.616. The molecule has 1 aromatic carbocycles. The highest BCUT2D eigenvalue weighted by Crippen LogP contribution is 2.34. The summed E-state index contributed by atoms with van der Waals surface area (Å²) in [5, 5.41) is 5.26. The van der Waals surface area contributed by atoms with E-state index < -0.39 is 0 Å². The van der Waals surface area contributed by atoms with Gasteiger partial charge < -0.3 is 9.47 Å². The second-order valence-corrected chi connectivity index (χ2v) is 9.16. The van der Waals surface area contributed by atoms with E-state index in [1.807, 2.05) is 42.8 Å². The molecule has 0 spiro atoms. The van der Waals surface area contributed by atoms with E-state index in [-0.39, 0.29) is 11.9 Å². The normalized spacial score (nSPS) is 14.9. The van der Waals surface area contributed by atoms with Gasteiger partial charge in [-0.15, -0.1) is 0 Å². The number of hydrogen-bond donors (Lipinski definition) is 0. The maximum atomic E-state index is 13.6. The molecule has 0 bridgehead atoms. The first-order valence-corrected chi connectivity index (χ1v) is 12.0. The molecule has 32 heavy (non-hydrogen) atoms. The van der Waals surface area contributed by atoms with Crippen molar-refractivity contribution in [2.24, 2.45) is 0 Å². The van der Waals surface area contributed by atoms with E-state index in [4.69, 9.17) is 14.5 Å². The fourth-order valence-electron chi connectivity index (χ4n) is 3.90. The van der Waals surface area contributed by atoms with Gasteiger partial charge in [-0.05, 0) is 45.9 Å². The Bertz CT molecular complexity index is 1070. The molecule has 3 aromatic rings. The monoisotopic (exact) mass is 457 g/mol. The summed E-state index contributed by atoms with van der Waals surface area (Å²) >= 11 is 1.51. The van der Waals surface area contributed by atoms with E-state index in [1.165, 1.54) is 11.3 Å². The fraction of sp³-hybridized carbons (Fsp3) is 0.522. The number of aryl methyl sites for hydroxylation is 1. The van der Waals surface area contributed by atoms with Crippen molar-refractivity contribution in [2.45, 2.75) is 33.7 Å². The quantitative estimate of drug-likeness (QED) is 0.513. The molecule has 0 aliphatic carbocycles. The summed E-state index contributed by atoms with van der Waals surface area (Å²) in [6, 6.07) is 7.95. The molecule has 4 rings (SSSR count). The largest absolute Gasteiger partial charge is 0.492 e. The van der Waals surface area contributed by atoms with Crippen LogP contribution in [0, 0.1) is 6.92 Å².